The normalized spacial score (nSPS) is 14.3. The first-order chi connectivity index (χ1) is 5.68. The number of halogens is 2. The van der Waals surface area contributed by atoms with E-state index in [1.54, 1.807) is 0 Å². The summed E-state index contributed by atoms with van der Waals surface area (Å²) in [6.07, 6.45) is -0.0705. The highest BCUT2D eigenvalue weighted by atomic mass is 19.1. The molecule has 1 aliphatic heterocycles. The Balaban J connectivity index is 2.64. The van der Waals surface area contributed by atoms with Gasteiger partial charge in [-0.15, -0.1) is 0 Å². The van der Waals surface area contributed by atoms with Gasteiger partial charge in [-0.1, -0.05) is 0 Å². The molecule has 0 radical (unpaired) electrons. The van der Waals surface area contributed by atoms with Gasteiger partial charge in [0.2, 0.25) is 5.91 Å². The highest BCUT2D eigenvalue weighted by Gasteiger charge is 2.24. The lowest BCUT2D eigenvalue weighted by Crippen LogP contribution is -2.04. The summed E-state index contributed by atoms with van der Waals surface area (Å²) in [7, 11) is 0. The van der Waals surface area contributed by atoms with Gasteiger partial charge in [-0.3, -0.25) is 4.79 Å². The second kappa shape index (κ2) is 2.27. The Bertz CT molecular complexity index is 329. The van der Waals surface area contributed by atoms with Crippen LogP contribution < -0.4 is 5.32 Å². The third kappa shape index (κ3) is 0.879. The van der Waals surface area contributed by atoms with Crippen molar-refractivity contribution in [3.05, 3.63) is 29.3 Å². The Morgan fingerprint density at radius 3 is 2.58 bits per heavy atom. The quantitative estimate of drug-likeness (QED) is 0.625. The molecule has 1 aromatic rings. The molecule has 0 spiro atoms. The highest BCUT2D eigenvalue weighted by molar-refractivity contribution is 5.99. The van der Waals surface area contributed by atoms with Gasteiger partial charge in [0.05, 0.1) is 12.1 Å². The first-order valence-corrected chi connectivity index (χ1v) is 3.45. The van der Waals surface area contributed by atoms with E-state index in [1.807, 2.05) is 0 Å². The van der Waals surface area contributed by atoms with Crippen LogP contribution in [0.1, 0.15) is 5.56 Å². The maximum absolute atomic E-state index is 12.9. The smallest absolute Gasteiger partial charge is 0.229 e. The fourth-order valence-electron chi connectivity index (χ4n) is 1.25. The molecule has 0 aliphatic carbocycles. The minimum absolute atomic E-state index is 0.0139. The van der Waals surface area contributed by atoms with E-state index in [-0.39, 0.29) is 23.6 Å². The molecule has 2 nitrogen and oxygen atoms in total. The average Bonchev–Trinajstić information content (AvgIpc) is 2.41. The molecule has 0 saturated carbocycles. The van der Waals surface area contributed by atoms with Crippen LogP contribution in [0.25, 0.3) is 0 Å². The van der Waals surface area contributed by atoms with Crippen molar-refractivity contribution < 1.29 is 13.6 Å². The summed E-state index contributed by atoms with van der Waals surface area (Å²) in [5, 5.41) is 2.25. The standard InChI is InChI=1S/C8H5F2NO/c9-5-1-2-6(10)8-4(5)3-7(12)11-8/h1-2H,3H2,(H,11,12). The van der Waals surface area contributed by atoms with Crippen LogP contribution in [0.2, 0.25) is 0 Å². The van der Waals surface area contributed by atoms with Gasteiger partial charge in [-0.2, -0.15) is 0 Å². The second-order valence-electron chi connectivity index (χ2n) is 2.61. The number of carbonyl (C=O) groups excluding carboxylic acids is 1. The lowest BCUT2D eigenvalue weighted by atomic mass is 10.1. The minimum Gasteiger partial charge on any atom is -0.323 e. The SMILES string of the molecule is O=C1Cc2c(F)ccc(F)c2N1. The van der Waals surface area contributed by atoms with Gasteiger partial charge in [-0.05, 0) is 12.1 Å². The molecule has 2 rings (SSSR count). The number of nitrogens with one attached hydrogen (secondary N) is 1. The second-order valence-corrected chi connectivity index (χ2v) is 2.61. The number of hydrogen-bond donors (Lipinski definition) is 1. The fraction of sp³-hybridized carbons (Fsp3) is 0.125. The average molecular weight is 169 g/mol. The van der Waals surface area contributed by atoms with Gasteiger partial charge in [0.1, 0.15) is 11.6 Å². The van der Waals surface area contributed by atoms with Gasteiger partial charge < -0.3 is 5.32 Å². The monoisotopic (exact) mass is 169 g/mol. The summed E-state index contributed by atoms with van der Waals surface area (Å²) in [6, 6.07) is 2.02. The first-order valence-electron chi connectivity index (χ1n) is 3.45. The summed E-state index contributed by atoms with van der Waals surface area (Å²) >= 11 is 0. The molecule has 1 amide bonds. The molecule has 4 heteroatoms. The van der Waals surface area contributed by atoms with Crippen molar-refractivity contribution in [3.63, 3.8) is 0 Å². The third-order valence-electron chi connectivity index (χ3n) is 1.81. The van der Waals surface area contributed by atoms with Crippen molar-refractivity contribution in [2.24, 2.45) is 0 Å². The molecule has 62 valence electrons. The molecule has 12 heavy (non-hydrogen) atoms. The van der Waals surface area contributed by atoms with E-state index in [9.17, 15) is 13.6 Å². The summed E-state index contributed by atoms with van der Waals surface area (Å²) in [6.45, 7) is 0. The predicted molar refractivity (Wildman–Crippen MR) is 38.7 cm³/mol. The van der Waals surface area contributed by atoms with Crippen molar-refractivity contribution in [2.75, 3.05) is 5.32 Å². The minimum atomic E-state index is -0.586. The molecule has 1 N–H and O–H groups in total. The van der Waals surface area contributed by atoms with E-state index >= 15 is 0 Å². The van der Waals surface area contributed by atoms with Crippen LogP contribution in [-0.2, 0) is 11.2 Å². The van der Waals surface area contributed by atoms with Crippen LogP contribution in [-0.4, -0.2) is 5.91 Å². The lowest BCUT2D eigenvalue weighted by molar-refractivity contribution is -0.115. The number of anilines is 1. The summed E-state index contributed by atoms with van der Waals surface area (Å²) < 4.78 is 25.7. The molecular formula is C8H5F2NO. The Labute approximate surface area is 67.2 Å². The van der Waals surface area contributed by atoms with Crippen molar-refractivity contribution in [1.29, 1.82) is 0 Å². The van der Waals surface area contributed by atoms with E-state index in [0.717, 1.165) is 12.1 Å². The first kappa shape index (κ1) is 7.21. The Morgan fingerprint density at radius 1 is 1.25 bits per heavy atom. The van der Waals surface area contributed by atoms with Gasteiger partial charge in [0.15, 0.2) is 0 Å². The lowest BCUT2D eigenvalue weighted by Gasteiger charge is -1.99. The number of fused-ring (bicyclic) bond motifs is 1. The molecular weight excluding hydrogens is 164 g/mol. The van der Waals surface area contributed by atoms with Gasteiger partial charge in [0, 0.05) is 5.56 Å². The molecule has 0 bridgehead atoms. The topological polar surface area (TPSA) is 29.1 Å². The van der Waals surface area contributed by atoms with Crippen LogP contribution in [0.3, 0.4) is 0 Å². The van der Waals surface area contributed by atoms with Crippen molar-refractivity contribution >= 4 is 11.6 Å². The fourth-order valence-corrected chi connectivity index (χ4v) is 1.25. The van der Waals surface area contributed by atoms with E-state index in [2.05, 4.69) is 5.32 Å². The van der Waals surface area contributed by atoms with Crippen molar-refractivity contribution in [1.82, 2.24) is 0 Å². The van der Waals surface area contributed by atoms with Gasteiger partial charge in [0.25, 0.3) is 0 Å². The molecule has 1 heterocycles. The van der Waals surface area contributed by atoms with Crippen LogP contribution in [0.15, 0.2) is 12.1 Å². The number of carbonyl (C=O) groups is 1. The number of benzene rings is 1. The zero-order valence-corrected chi connectivity index (χ0v) is 6.03. The number of amides is 1. The Morgan fingerprint density at radius 2 is 1.92 bits per heavy atom. The summed E-state index contributed by atoms with van der Waals surface area (Å²) in [4.78, 5) is 10.8. The highest BCUT2D eigenvalue weighted by Crippen LogP contribution is 2.27. The Kier molecular flexibility index (Phi) is 1.36. The van der Waals surface area contributed by atoms with Crippen molar-refractivity contribution in [2.45, 2.75) is 6.42 Å². The maximum Gasteiger partial charge on any atom is 0.229 e. The Hall–Kier alpha value is -1.45. The zero-order valence-electron chi connectivity index (χ0n) is 6.03. The van der Waals surface area contributed by atoms with Crippen LogP contribution >= 0.6 is 0 Å². The molecule has 0 atom stereocenters. The molecule has 0 aromatic heterocycles. The van der Waals surface area contributed by atoms with Gasteiger partial charge >= 0.3 is 0 Å². The van der Waals surface area contributed by atoms with E-state index in [4.69, 9.17) is 0 Å². The largest absolute Gasteiger partial charge is 0.323 e. The van der Waals surface area contributed by atoms with E-state index in [0.29, 0.717) is 0 Å². The third-order valence-corrected chi connectivity index (χ3v) is 1.81. The summed E-state index contributed by atoms with van der Waals surface area (Å²) in [5.74, 6) is -1.49. The van der Waals surface area contributed by atoms with E-state index in [1.165, 1.54) is 0 Å². The molecule has 1 aromatic carbocycles. The molecule has 0 saturated heterocycles. The summed E-state index contributed by atoms with van der Waals surface area (Å²) in [5.41, 5.74) is 0.111. The van der Waals surface area contributed by atoms with Crippen LogP contribution in [0.4, 0.5) is 14.5 Å². The maximum atomic E-state index is 12.9. The molecule has 1 aliphatic rings. The molecule has 0 fully saturated rings. The molecule has 0 unspecified atom stereocenters. The number of rotatable bonds is 0. The van der Waals surface area contributed by atoms with Crippen LogP contribution in [0.5, 0.6) is 0 Å². The van der Waals surface area contributed by atoms with E-state index < -0.39 is 11.6 Å². The number of hydrogen-bond acceptors (Lipinski definition) is 1. The van der Waals surface area contributed by atoms with Gasteiger partial charge in [-0.25, -0.2) is 8.78 Å². The van der Waals surface area contributed by atoms with Crippen molar-refractivity contribution in [3.8, 4) is 0 Å². The predicted octanol–water partition coefficient (Wildman–Crippen LogP) is 1.46. The van der Waals surface area contributed by atoms with Crippen LogP contribution in [0, 0.1) is 11.6 Å². The zero-order chi connectivity index (χ0) is 8.72.